The Morgan fingerprint density at radius 2 is 2.29 bits per heavy atom. The van der Waals surface area contributed by atoms with Gasteiger partial charge in [-0.15, -0.1) is 4.91 Å². The average Bonchev–Trinajstić information content (AvgIpc) is 2.63. The first-order valence-electron chi connectivity index (χ1n) is 3.93. The quantitative estimate of drug-likeness (QED) is 0.554. The molecular formula is C9H6N4O. The van der Waals surface area contributed by atoms with Crippen LogP contribution in [0.4, 0.5) is 0 Å². The maximum atomic E-state index is 10.3. The van der Waals surface area contributed by atoms with Crippen LogP contribution in [0.5, 0.6) is 0 Å². The van der Waals surface area contributed by atoms with Crippen LogP contribution < -0.4 is 0 Å². The van der Waals surface area contributed by atoms with Crippen LogP contribution in [0, 0.1) is 10.3 Å². The summed E-state index contributed by atoms with van der Waals surface area (Å²) >= 11 is 0. The molecule has 0 fully saturated rings. The molecule has 14 heavy (non-hydrogen) atoms. The number of fused-ring (bicyclic) bond motifs is 1. The first kappa shape index (κ1) is 8.34. The van der Waals surface area contributed by atoms with E-state index >= 15 is 0 Å². The van der Waals surface area contributed by atoms with Crippen molar-refractivity contribution in [3.63, 3.8) is 0 Å². The van der Waals surface area contributed by atoms with Gasteiger partial charge >= 0.3 is 0 Å². The van der Waals surface area contributed by atoms with E-state index in [1.807, 2.05) is 30.1 Å². The number of aromatic nitrogens is 2. The van der Waals surface area contributed by atoms with Gasteiger partial charge in [-0.3, -0.25) is 5.41 Å². The zero-order valence-electron chi connectivity index (χ0n) is 7.11. The molecule has 2 rings (SSSR count). The molecule has 0 atom stereocenters. The van der Waals surface area contributed by atoms with E-state index in [0.29, 0.717) is 0 Å². The predicted molar refractivity (Wildman–Crippen MR) is 53.0 cm³/mol. The standard InChI is InChI=1S/C9H6N4O/c10-5-8(13-14)9-11-6-3-1-2-4-7(6)12-9/h1-4,10H,(H,11,12). The molecule has 5 heteroatoms. The predicted octanol–water partition coefficient (Wildman–Crippen LogP) is 1.92. The van der Waals surface area contributed by atoms with Gasteiger partial charge in [-0.1, -0.05) is 12.1 Å². The van der Waals surface area contributed by atoms with E-state index in [-0.39, 0.29) is 11.5 Å². The molecule has 1 aromatic carbocycles. The molecule has 68 valence electrons. The Balaban J connectivity index is 2.66. The van der Waals surface area contributed by atoms with Crippen LogP contribution in [-0.4, -0.2) is 15.8 Å². The molecule has 1 aromatic heterocycles. The maximum Gasteiger partial charge on any atom is 0.210 e. The summed E-state index contributed by atoms with van der Waals surface area (Å²) < 4.78 is 0. The van der Waals surface area contributed by atoms with Gasteiger partial charge in [0.15, 0.2) is 5.82 Å². The number of hydrogen-bond acceptors (Lipinski definition) is 4. The first-order valence-corrected chi connectivity index (χ1v) is 3.93. The molecule has 2 N–H and O–H groups in total. The number of nitroso groups, excluding NO2 is 1. The van der Waals surface area contributed by atoms with E-state index in [2.05, 4.69) is 15.1 Å². The number of imidazole rings is 1. The van der Waals surface area contributed by atoms with Gasteiger partial charge in [0, 0.05) is 5.87 Å². The summed E-state index contributed by atoms with van der Waals surface area (Å²) in [5.74, 6) is 2.20. The van der Waals surface area contributed by atoms with Gasteiger partial charge in [0.25, 0.3) is 0 Å². The summed E-state index contributed by atoms with van der Waals surface area (Å²) in [4.78, 5) is 17.2. The van der Waals surface area contributed by atoms with Crippen LogP contribution in [0.1, 0.15) is 5.82 Å². The molecule has 0 aliphatic rings. The summed E-state index contributed by atoms with van der Waals surface area (Å²) in [6.45, 7) is 0. The van der Waals surface area contributed by atoms with Crippen LogP contribution in [0.3, 0.4) is 0 Å². The molecule has 0 radical (unpaired) electrons. The van der Waals surface area contributed by atoms with E-state index in [1.54, 1.807) is 0 Å². The van der Waals surface area contributed by atoms with E-state index in [9.17, 15) is 4.91 Å². The van der Waals surface area contributed by atoms with Crippen molar-refractivity contribution in [1.82, 2.24) is 9.97 Å². The summed E-state index contributed by atoms with van der Waals surface area (Å²) in [6.07, 6.45) is 0. The van der Waals surface area contributed by atoms with Crippen molar-refractivity contribution >= 4 is 22.6 Å². The highest BCUT2D eigenvalue weighted by atomic mass is 16.3. The molecule has 0 bridgehead atoms. The molecule has 0 unspecified atom stereocenters. The summed E-state index contributed by atoms with van der Waals surface area (Å²) in [5, 5.41) is 9.48. The Kier molecular flexibility index (Phi) is 1.93. The minimum Gasteiger partial charge on any atom is -0.336 e. The van der Waals surface area contributed by atoms with Crippen molar-refractivity contribution in [1.29, 1.82) is 5.41 Å². The lowest BCUT2D eigenvalue weighted by Crippen LogP contribution is -1.82. The highest BCUT2D eigenvalue weighted by Gasteiger charge is 2.07. The number of nitrogens with one attached hydrogen (secondary N) is 2. The maximum absolute atomic E-state index is 10.3. The van der Waals surface area contributed by atoms with Gasteiger partial charge in [-0.25, -0.2) is 4.98 Å². The second-order valence-corrected chi connectivity index (χ2v) is 2.67. The Morgan fingerprint density at radius 1 is 1.50 bits per heavy atom. The average molecular weight is 186 g/mol. The van der Waals surface area contributed by atoms with Gasteiger partial charge in [0.05, 0.1) is 11.0 Å². The topological polar surface area (TPSA) is 82.0 Å². The third kappa shape index (κ3) is 1.22. The fourth-order valence-corrected chi connectivity index (χ4v) is 1.19. The number of aromatic amines is 1. The molecular weight excluding hydrogens is 180 g/mol. The van der Waals surface area contributed by atoms with Crippen LogP contribution in [0.15, 0.2) is 29.4 Å². The van der Waals surface area contributed by atoms with E-state index in [0.717, 1.165) is 11.0 Å². The molecule has 0 spiro atoms. The molecule has 5 nitrogen and oxygen atoms in total. The Morgan fingerprint density at radius 3 is 2.93 bits per heavy atom. The number of benzene rings is 1. The molecule has 0 aliphatic heterocycles. The van der Waals surface area contributed by atoms with Gasteiger partial charge in [0.2, 0.25) is 5.70 Å². The fourth-order valence-electron chi connectivity index (χ4n) is 1.19. The number of nitrogens with zero attached hydrogens (tertiary/aromatic N) is 2. The lowest BCUT2D eigenvalue weighted by molar-refractivity contribution is 1.24. The summed E-state index contributed by atoms with van der Waals surface area (Å²) in [7, 11) is 0. The highest BCUT2D eigenvalue weighted by molar-refractivity contribution is 5.88. The van der Waals surface area contributed by atoms with Crippen molar-refractivity contribution < 1.29 is 0 Å². The van der Waals surface area contributed by atoms with Crippen molar-refractivity contribution in [2.75, 3.05) is 0 Å². The molecule has 0 amide bonds. The van der Waals surface area contributed by atoms with Gasteiger partial charge in [-0.05, 0) is 17.3 Å². The summed E-state index contributed by atoms with van der Waals surface area (Å²) in [5.41, 5.74) is 1.42. The lowest BCUT2D eigenvalue weighted by Gasteiger charge is -1.84. The number of para-hydroxylation sites is 2. The monoisotopic (exact) mass is 186 g/mol. The molecule has 0 saturated heterocycles. The van der Waals surface area contributed by atoms with Crippen LogP contribution in [0.2, 0.25) is 0 Å². The third-order valence-electron chi connectivity index (χ3n) is 1.82. The second kappa shape index (κ2) is 3.24. The van der Waals surface area contributed by atoms with Gasteiger partial charge in [-0.2, -0.15) is 0 Å². The summed E-state index contributed by atoms with van der Waals surface area (Å²) in [6, 6.07) is 7.33. The zero-order chi connectivity index (χ0) is 9.97. The van der Waals surface area contributed by atoms with E-state index < -0.39 is 0 Å². The fraction of sp³-hybridized carbons (Fsp3) is 0. The van der Waals surface area contributed by atoms with Crippen molar-refractivity contribution in [2.45, 2.75) is 0 Å². The van der Waals surface area contributed by atoms with Crippen molar-refractivity contribution in [3.05, 3.63) is 35.0 Å². The molecule has 2 aromatic rings. The third-order valence-corrected chi connectivity index (χ3v) is 1.82. The van der Waals surface area contributed by atoms with Crippen molar-refractivity contribution in [3.8, 4) is 0 Å². The van der Waals surface area contributed by atoms with E-state index in [1.165, 1.54) is 0 Å². The molecule has 0 saturated carbocycles. The highest BCUT2D eigenvalue weighted by Crippen LogP contribution is 2.15. The Hall–Kier alpha value is -2.26. The first-order chi connectivity index (χ1) is 6.85. The second-order valence-electron chi connectivity index (χ2n) is 2.67. The van der Waals surface area contributed by atoms with Gasteiger partial charge in [0.1, 0.15) is 0 Å². The Bertz CT molecular complexity index is 503. The number of rotatable bonds is 2. The number of H-pyrrole nitrogens is 1. The van der Waals surface area contributed by atoms with Crippen LogP contribution >= 0.6 is 0 Å². The molecule has 1 heterocycles. The largest absolute Gasteiger partial charge is 0.336 e. The SMILES string of the molecule is N=C=C(N=O)c1nc2ccccc2[nH]1. The minimum atomic E-state index is -0.124. The lowest BCUT2D eigenvalue weighted by atomic mass is 10.3. The normalized spacial score (nSPS) is 9.71. The van der Waals surface area contributed by atoms with Crippen LogP contribution in [-0.2, 0) is 0 Å². The van der Waals surface area contributed by atoms with Crippen molar-refractivity contribution in [2.24, 2.45) is 5.18 Å². The Labute approximate surface area is 79.0 Å². The van der Waals surface area contributed by atoms with E-state index in [4.69, 9.17) is 5.41 Å². The van der Waals surface area contributed by atoms with Gasteiger partial charge < -0.3 is 4.98 Å². The number of hydrogen-bond donors (Lipinski definition) is 2. The smallest absolute Gasteiger partial charge is 0.210 e. The van der Waals surface area contributed by atoms with Crippen LogP contribution in [0.25, 0.3) is 16.7 Å². The molecule has 0 aliphatic carbocycles. The zero-order valence-corrected chi connectivity index (χ0v) is 7.11. The minimum absolute atomic E-state index is 0.124.